The second-order valence-electron chi connectivity index (χ2n) is 3.08. The van der Waals surface area contributed by atoms with E-state index in [4.69, 9.17) is 4.74 Å². The molecule has 0 aromatic carbocycles. The maximum Gasteiger partial charge on any atom is 0.0567 e. The first kappa shape index (κ1) is 10.9. The molecule has 2 heteroatoms. The molecule has 11 heavy (non-hydrogen) atoms. The van der Waals surface area contributed by atoms with E-state index in [0.717, 1.165) is 25.7 Å². The van der Waals surface area contributed by atoms with E-state index in [2.05, 4.69) is 6.92 Å². The Morgan fingerprint density at radius 1 is 1.45 bits per heavy atom. The molecule has 0 fully saturated rings. The van der Waals surface area contributed by atoms with Crippen LogP contribution in [0.15, 0.2) is 0 Å². The van der Waals surface area contributed by atoms with E-state index in [-0.39, 0.29) is 12.2 Å². The van der Waals surface area contributed by atoms with Gasteiger partial charge in [-0.05, 0) is 19.8 Å². The summed E-state index contributed by atoms with van der Waals surface area (Å²) < 4.78 is 5.04. The molecule has 2 nitrogen and oxygen atoms in total. The summed E-state index contributed by atoms with van der Waals surface area (Å²) in [6.07, 6.45) is 3.93. The zero-order valence-corrected chi connectivity index (χ0v) is 7.84. The summed E-state index contributed by atoms with van der Waals surface area (Å²) in [6.45, 7) is 4.11. The van der Waals surface area contributed by atoms with Crippen LogP contribution >= 0.6 is 0 Å². The van der Waals surface area contributed by atoms with E-state index >= 15 is 0 Å². The summed E-state index contributed by atoms with van der Waals surface area (Å²) in [7, 11) is 1.68. The molecule has 0 amide bonds. The first-order valence-electron chi connectivity index (χ1n) is 4.41. The number of rotatable bonds is 6. The van der Waals surface area contributed by atoms with Gasteiger partial charge in [0, 0.05) is 7.11 Å². The van der Waals surface area contributed by atoms with E-state index < -0.39 is 0 Å². The second-order valence-corrected chi connectivity index (χ2v) is 3.08. The quantitative estimate of drug-likeness (QED) is 0.643. The first-order valence-corrected chi connectivity index (χ1v) is 4.41. The molecular formula is C9H20O2. The molecule has 2 unspecified atom stereocenters. The fraction of sp³-hybridized carbons (Fsp3) is 1.00. The third-order valence-corrected chi connectivity index (χ3v) is 1.90. The predicted octanol–water partition coefficient (Wildman–Crippen LogP) is 1.96. The van der Waals surface area contributed by atoms with Crippen LogP contribution in [0.25, 0.3) is 0 Å². The summed E-state index contributed by atoms with van der Waals surface area (Å²) in [5.74, 6) is 0. The van der Waals surface area contributed by atoms with E-state index in [0.29, 0.717) is 0 Å². The number of hydrogen-bond acceptors (Lipinski definition) is 2. The predicted molar refractivity (Wildman–Crippen MR) is 46.6 cm³/mol. The molecule has 0 rings (SSSR count). The second kappa shape index (κ2) is 6.62. The van der Waals surface area contributed by atoms with Crippen molar-refractivity contribution in [1.82, 2.24) is 0 Å². The Bertz CT molecular complexity index is 83.6. The third-order valence-electron chi connectivity index (χ3n) is 1.90. The van der Waals surface area contributed by atoms with Gasteiger partial charge in [0.25, 0.3) is 0 Å². The van der Waals surface area contributed by atoms with E-state index in [1.165, 1.54) is 0 Å². The van der Waals surface area contributed by atoms with Gasteiger partial charge in [-0.2, -0.15) is 0 Å². The van der Waals surface area contributed by atoms with Crippen LogP contribution in [-0.4, -0.2) is 24.4 Å². The summed E-state index contributed by atoms with van der Waals surface area (Å²) in [5.41, 5.74) is 0. The summed E-state index contributed by atoms with van der Waals surface area (Å²) in [4.78, 5) is 0. The molecule has 2 atom stereocenters. The van der Waals surface area contributed by atoms with Gasteiger partial charge in [0.1, 0.15) is 0 Å². The first-order chi connectivity index (χ1) is 5.20. The smallest absolute Gasteiger partial charge is 0.0567 e. The highest BCUT2D eigenvalue weighted by atomic mass is 16.5. The normalized spacial score (nSPS) is 16.4. The van der Waals surface area contributed by atoms with Crippen molar-refractivity contribution in [3.05, 3.63) is 0 Å². The van der Waals surface area contributed by atoms with Gasteiger partial charge in [-0.3, -0.25) is 0 Å². The van der Waals surface area contributed by atoms with Gasteiger partial charge >= 0.3 is 0 Å². The Morgan fingerprint density at radius 3 is 2.55 bits per heavy atom. The van der Waals surface area contributed by atoms with Gasteiger partial charge in [0.2, 0.25) is 0 Å². The minimum atomic E-state index is -0.176. The highest BCUT2D eigenvalue weighted by molar-refractivity contribution is 4.60. The van der Waals surface area contributed by atoms with Crippen LogP contribution < -0.4 is 0 Å². The molecule has 0 saturated heterocycles. The van der Waals surface area contributed by atoms with E-state index in [1.807, 2.05) is 6.92 Å². The molecule has 0 aliphatic heterocycles. The van der Waals surface area contributed by atoms with Gasteiger partial charge in [0.05, 0.1) is 12.2 Å². The highest BCUT2D eigenvalue weighted by Gasteiger charge is 2.07. The Hall–Kier alpha value is -0.0800. The fourth-order valence-electron chi connectivity index (χ4n) is 1.04. The van der Waals surface area contributed by atoms with Crippen molar-refractivity contribution in [3.8, 4) is 0 Å². The third kappa shape index (κ3) is 6.32. The number of aliphatic hydroxyl groups is 1. The van der Waals surface area contributed by atoms with Crippen molar-refractivity contribution in [2.45, 2.75) is 51.7 Å². The largest absolute Gasteiger partial charge is 0.393 e. The Morgan fingerprint density at radius 2 is 2.09 bits per heavy atom. The lowest BCUT2D eigenvalue weighted by Crippen LogP contribution is -2.16. The summed E-state index contributed by atoms with van der Waals surface area (Å²) >= 11 is 0. The number of unbranched alkanes of at least 4 members (excludes halogenated alkanes) is 1. The zero-order valence-electron chi connectivity index (χ0n) is 7.84. The van der Waals surface area contributed by atoms with Crippen molar-refractivity contribution < 1.29 is 9.84 Å². The fourth-order valence-corrected chi connectivity index (χ4v) is 1.04. The van der Waals surface area contributed by atoms with Gasteiger partial charge in [0.15, 0.2) is 0 Å². The summed E-state index contributed by atoms with van der Waals surface area (Å²) in [6, 6.07) is 0. The van der Waals surface area contributed by atoms with E-state index in [9.17, 15) is 5.11 Å². The number of ether oxygens (including phenoxy) is 1. The standard InChI is InChI=1S/C9H20O2/c1-4-5-6-9(10)7-8(2)11-3/h8-10H,4-7H2,1-3H3. The Balaban J connectivity index is 3.27. The van der Waals surface area contributed by atoms with Crippen LogP contribution in [-0.2, 0) is 4.74 Å². The lowest BCUT2D eigenvalue weighted by Gasteiger charge is -2.14. The molecule has 0 aliphatic rings. The average Bonchev–Trinajstić information content (AvgIpc) is 2.00. The van der Waals surface area contributed by atoms with Crippen LogP contribution in [0.5, 0.6) is 0 Å². The molecule has 0 saturated carbocycles. The van der Waals surface area contributed by atoms with Gasteiger partial charge in [-0.15, -0.1) is 0 Å². The van der Waals surface area contributed by atoms with Crippen molar-refractivity contribution in [2.75, 3.05) is 7.11 Å². The minimum Gasteiger partial charge on any atom is -0.393 e. The van der Waals surface area contributed by atoms with Crippen molar-refractivity contribution in [3.63, 3.8) is 0 Å². The van der Waals surface area contributed by atoms with Gasteiger partial charge < -0.3 is 9.84 Å². The molecule has 0 spiro atoms. The van der Waals surface area contributed by atoms with Crippen molar-refractivity contribution in [1.29, 1.82) is 0 Å². The topological polar surface area (TPSA) is 29.5 Å². The van der Waals surface area contributed by atoms with Crippen LogP contribution in [0.4, 0.5) is 0 Å². The lowest BCUT2D eigenvalue weighted by molar-refractivity contribution is 0.0520. The Labute approximate surface area is 69.6 Å². The van der Waals surface area contributed by atoms with Crippen LogP contribution in [0.1, 0.15) is 39.5 Å². The SMILES string of the molecule is CCCCC(O)CC(C)OC. The molecular weight excluding hydrogens is 140 g/mol. The van der Waals surface area contributed by atoms with Crippen LogP contribution in [0.3, 0.4) is 0 Å². The minimum absolute atomic E-state index is 0.176. The molecule has 0 aromatic rings. The lowest BCUT2D eigenvalue weighted by atomic mass is 10.1. The van der Waals surface area contributed by atoms with Crippen LogP contribution in [0.2, 0.25) is 0 Å². The molecule has 0 radical (unpaired) electrons. The number of aliphatic hydroxyl groups excluding tert-OH is 1. The monoisotopic (exact) mass is 160 g/mol. The zero-order chi connectivity index (χ0) is 8.69. The van der Waals surface area contributed by atoms with Crippen molar-refractivity contribution >= 4 is 0 Å². The summed E-state index contributed by atoms with van der Waals surface area (Å²) in [5, 5.41) is 9.40. The van der Waals surface area contributed by atoms with Crippen molar-refractivity contribution in [2.24, 2.45) is 0 Å². The Kier molecular flexibility index (Phi) is 6.57. The van der Waals surface area contributed by atoms with Gasteiger partial charge in [-0.1, -0.05) is 19.8 Å². The van der Waals surface area contributed by atoms with E-state index in [1.54, 1.807) is 7.11 Å². The molecule has 0 heterocycles. The average molecular weight is 160 g/mol. The maximum absolute atomic E-state index is 9.40. The highest BCUT2D eigenvalue weighted by Crippen LogP contribution is 2.07. The molecule has 0 aliphatic carbocycles. The molecule has 0 bridgehead atoms. The maximum atomic E-state index is 9.40. The molecule has 1 N–H and O–H groups in total. The number of hydrogen-bond donors (Lipinski definition) is 1. The van der Waals surface area contributed by atoms with Crippen LogP contribution in [0, 0.1) is 0 Å². The van der Waals surface area contributed by atoms with Gasteiger partial charge in [-0.25, -0.2) is 0 Å². The number of methoxy groups -OCH3 is 1. The molecule has 0 aromatic heterocycles. The molecule has 68 valence electrons.